The summed E-state index contributed by atoms with van der Waals surface area (Å²) in [5.74, 6) is -1.16. The summed E-state index contributed by atoms with van der Waals surface area (Å²) in [5, 5.41) is 0. The maximum Gasteiger partial charge on any atom is 0.513 e. The van der Waals surface area contributed by atoms with Gasteiger partial charge in [-0.25, -0.2) is 4.39 Å². The molecule has 0 bridgehead atoms. The second-order valence-corrected chi connectivity index (χ2v) is 4.88. The average Bonchev–Trinajstić information content (AvgIpc) is 2.86. The van der Waals surface area contributed by atoms with Crippen LogP contribution in [-0.4, -0.2) is 26.3 Å². The monoisotopic (exact) mass is 291 g/mol. The summed E-state index contributed by atoms with van der Waals surface area (Å²) in [6, 6.07) is 2.31. The van der Waals surface area contributed by atoms with Crippen molar-refractivity contribution < 1.29 is 26.8 Å². The fourth-order valence-corrected chi connectivity index (χ4v) is 2.27. The molecule has 0 aromatic heterocycles. The zero-order valence-corrected chi connectivity index (χ0v) is 11.0. The molecular formula is C13H16BF4O2-. The first-order valence-electron chi connectivity index (χ1n) is 6.70. The molecule has 1 aromatic rings. The molecule has 1 atom stereocenters. The maximum absolute atomic E-state index is 13.0. The highest BCUT2D eigenvalue weighted by molar-refractivity contribution is 6.74. The van der Waals surface area contributed by atoms with Crippen molar-refractivity contribution in [2.45, 2.75) is 31.8 Å². The van der Waals surface area contributed by atoms with E-state index in [-0.39, 0.29) is 12.7 Å². The Morgan fingerprint density at radius 2 is 2.10 bits per heavy atom. The summed E-state index contributed by atoms with van der Waals surface area (Å²) in [7, 11) is 0. The SMILES string of the molecule is Fc1ccc([B-](F)(F)F)c(OCCCC2CCCO2)c1. The van der Waals surface area contributed by atoms with Crippen molar-refractivity contribution in [2.75, 3.05) is 13.2 Å². The predicted molar refractivity (Wildman–Crippen MR) is 68.8 cm³/mol. The molecule has 2 rings (SSSR count). The summed E-state index contributed by atoms with van der Waals surface area (Å²) in [5.41, 5.74) is -0.886. The normalized spacial score (nSPS) is 19.3. The van der Waals surface area contributed by atoms with Crippen LogP contribution in [0.25, 0.3) is 0 Å². The van der Waals surface area contributed by atoms with E-state index < -0.39 is 24.0 Å². The van der Waals surface area contributed by atoms with Crippen LogP contribution >= 0.6 is 0 Å². The molecule has 1 aliphatic heterocycles. The van der Waals surface area contributed by atoms with Crippen LogP contribution in [0.3, 0.4) is 0 Å². The van der Waals surface area contributed by atoms with Gasteiger partial charge >= 0.3 is 6.98 Å². The third kappa shape index (κ3) is 4.13. The van der Waals surface area contributed by atoms with Crippen LogP contribution in [-0.2, 0) is 4.74 Å². The Labute approximate surface area is 115 Å². The zero-order valence-electron chi connectivity index (χ0n) is 11.0. The summed E-state index contributed by atoms with van der Waals surface area (Å²) < 4.78 is 61.9. The molecule has 1 heterocycles. The molecule has 7 heteroatoms. The average molecular weight is 291 g/mol. The van der Waals surface area contributed by atoms with Crippen LogP contribution in [0.2, 0.25) is 0 Å². The van der Waals surface area contributed by atoms with E-state index in [2.05, 4.69) is 0 Å². The summed E-state index contributed by atoms with van der Waals surface area (Å²) in [6.45, 7) is -4.33. The number of halogens is 4. The fourth-order valence-electron chi connectivity index (χ4n) is 2.27. The van der Waals surface area contributed by atoms with Gasteiger partial charge in [0.15, 0.2) is 0 Å². The minimum atomic E-state index is -5.20. The first-order chi connectivity index (χ1) is 9.47. The van der Waals surface area contributed by atoms with E-state index in [1.165, 1.54) is 0 Å². The first kappa shape index (κ1) is 15.2. The third-order valence-corrected chi connectivity index (χ3v) is 3.28. The van der Waals surface area contributed by atoms with Gasteiger partial charge in [-0.1, -0.05) is 11.5 Å². The maximum atomic E-state index is 13.0. The van der Waals surface area contributed by atoms with Gasteiger partial charge in [0.2, 0.25) is 0 Å². The Hall–Kier alpha value is -1.24. The van der Waals surface area contributed by atoms with E-state index >= 15 is 0 Å². The molecule has 0 amide bonds. The minimum absolute atomic E-state index is 0.127. The number of benzene rings is 1. The molecule has 20 heavy (non-hydrogen) atoms. The largest absolute Gasteiger partial charge is 0.513 e. The van der Waals surface area contributed by atoms with E-state index in [1.807, 2.05) is 0 Å². The lowest BCUT2D eigenvalue weighted by Gasteiger charge is -2.20. The molecule has 1 unspecified atom stereocenters. The lowest BCUT2D eigenvalue weighted by atomic mass is 9.79. The van der Waals surface area contributed by atoms with Gasteiger partial charge in [-0.05, 0) is 31.7 Å². The highest BCUT2D eigenvalue weighted by atomic mass is 19.4. The second kappa shape index (κ2) is 6.48. The predicted octanol–water partition coefficient (Wildman–Crippen LogP) is 3.22. The van der Waals surface area contributed by atoms with Gasteiger partial charge in [-0.2, -0.15) is 0 Å². The van der Waals surface area contributed by atoms with E-state index in [0.29, 0.717) is 6.42 Å². The molecule has 0 N–H and O–H groups in total. The Kier molecular flexibility index (Phi) is 4.91. The van der Waals surface area contributed by atoms with E-state index in [1.54, 1.807) is 0 Å². The van der Waals surface area contributed by atoms with Crippen LogP contribution in [0.1, 0.15) is 25.7 Å². The number of hydrogen-bond donors (Lipinski definition) is 0. The van der Waals surface area contributed by atoms with Gasteiger partial charge in [0.25, 0.3) is 0 Å². The molecule has 1 aliphatic rings. The van der Waals surface area contributed by atoms with E-state index in [9.17, 15) is 17.3 Å². The Morgan fingerprint density at radius 1 is 1.30 bits per heavy atom. The Bertz CT molecular complexity index is 444. The summed E-state index contributed by atoms with van der Waals surface area (Å²) in [4.78, 5) is 0. The van der Waals surface area contributed by atoms with Crippen molar-refractivity contribution in [1.29, 1.82) is 0 Å². The van der Waals surface area contributed by atoms with Crippen LogP contribution in [0.4, 0.5) is 17.3 Å². The molecule has 2 nitrogen and oxygen atoms in total. The van der Waals surface area contributed by atoms with Gasteiger partial charge in [0, 0.05) is 12.7 Å². The molecule has 1 fully saturated rings. The molecule has 1 saturated heterocycles. The van der Waals surface area contributed by atoms with Crippen molar-refractivity contribution in [3.05, 3.63) is 24.0 Å². The van der Waals surface area contributed by atoms with Crippen molar-refractivity contribution in [3.8, 4) is 5.75 Å². The van der Waals surface area contributed by atoms with Crippen molar-refractivity contribution in [2.24, 2.45) is 0 Å². The molecule has 0 spiro atoms. The topological polar surface area (TPSA) is 18.5 Å². The molecular weight excluding hydrogens is 275 g/mol. The third-order valence-electron chi connectivity index (χ3n) is 3.28. The highest BCUT2D eigenvalue weighted by Crippen LogP contribution is 2.20. The highest BCUT2D eigenvalue weighted by Gasteiger charge is 2.29. The van der Waals surface area contributed by atoms with Crippen molar-refractivity contribution in [3.63, 3.8) is 0 Å². The zero-order chi connectivity index (χ0) is 14.6. The second-order valence-electron chi connectivity index (χ2n) is 4.88. The summed E-state index contributed by atoms with van der Waals surface area (Å²) in [6.07, 6.45) is 3.53. The van der Waals surface area contributed by atoms with Crippen LogP contribution < -0.4 is 10.2 Å². The Balaban J connectivity index is 1.89. The van der Waals surface area contributed by atoms with E-state index in [4.69, 9.17) is 9.47 Å². The lowest BCUT2D eigenvalue weighted by Crippen LogP contribution is -2.35. The lowest BCUT2D eigenvalue weighted by molar-refractivity contribution is 0.0981. The number of rotatable bonds is 6. The van der Waals surface area contributed by atoms with E-state index in [0.717, 1.165) is 44.1 Å². The van der Waals surface area contributed by atoms with Crippen molar-refractivity contribution in [1.82, 2.24) is 0 Å². The molecule has 112 valence electrons. The van der Waals surface area contributed by atoms with Gasteiger partial charge in [-0.15, -0.1) is 0 Å². The van der Waals surface area contributed by atoms with Crippen LogP contribution in [0.5, 0.6) is 5.75 Å². The van der Waals surface area contributed by atoms with Gasteiger partial charge in [0.05, 0.1) is 18.5 Å². The number of ether oxygens (including phenoxy) is 2. The first-order valence-corrected chi connectivity index (χ1v) is 6.70. The summed E-state index contributed by atoms with van der Waals surface area (Å²) >= 11 is 0. The Morgan fingerprint density at radius 3 is 2.75 bits per heavy atom. The number of hydrogen-bond acceptors (Lipinski definition) is 2. The van der Waals surface area contributed by atoms with Crippen molar-refractivity contribution >= 4 is 12.4 Å². The molecule has 0 radical (unpaired) electrons. The molecule has 0 aliphatic carbocycles. The van der Waals surface area contributed by atoms with Gasteiger partial charge in [-0.3, -0.25) is 0 Å². The minimum Gasteiger partial charge on any atom is -0.496 e. The van der Waals surface area contributed by atoms with Crippen LogP contribution in [0.15, 0.2) is 18.2 Å². The smallest absolute Gasteiger partial charge is 0.496 e. The fraction of sp³-hybridized carbons (Fsp3) is 0.538. The van der Waals surface area contributed by atoms with Gasteiger partial charge < -0.3 is 22.4 Å². The molecule has 1 aromatic carbocycles. The quantitative estimate of drug-likeness (QED) is 0.455. The molecule has 0 saturated carbocycles. The van der Waals surface area contributed by atoms with Gasteiger partial charge in [0.1, 0.15) is 5.82 Å². The standard InChI is InChI=1S/C13H16BF4O2/c15-10-5-6-12(14(16,17)18)13(9-10)20-8-2-4-11-3-1-7-19-11/h5-6,9,11H,1-4,7-8H2/q-1. The van der Waals surface area contributed by atoms with Crippen LogP contribution in [0, 0.1) is 5.82 Å².